The Labute approximate surface area is 110 Å². The van der Waals surface area contributed by atoms with Crippen LogP contribution in [0.25, 0.3) is 0 Å². The summed E-state index contributed by atoms with van der Waals surface area (Å²) in [5.41, 5.74) is 5.91. The van der Waals surface area contributed by atoms with Gasteiger partial charge in [-0.3, -0.25) is 0 Å². The van der Waals surface area contributed by atoms with Crippen molar-refractivity contribution >= 4 is 11.7 Å². The van der Waals surface area contributed by atoms with E-state index in [0.29, 0.717) is 24.6 Å². The van der Waals surface area contributed by atoms with Gasteiger partial charge in [0.15, 0.2) is 17.3 Å². The van der Waals surface area contributed by atoms with Gasteiger partial charge in [-0.05, 0) is 6.92 Å². The lowest BCUT2D eigenvalue weighted by Gasteiger charge is -2.37. The normalized spacial score (nSPS) is 24.5. The molecule has 0 amide bonds. The number of oxime groups is 1. The molecule has 2 unspecified atom stereocenters. The molecule has 1 aliphatic heterocycles. The molecule has 1 aliphatic rings. The van der Waals surface area contributed by atoms with Crippen LogP contribution in [0.2, 0.25) is 0 Å². The second-order valence-electron chi connectivity index (χ2n) is 4.37. The Balaban J connectivity index is 2.30. The van der Waals surface area contributed by atoms with Crippen LogP contribution >= 0.6 is 0 Å². The van der Waals surface area contributed by atoms with E-state index in [1.54, 1.807) is 0 Å². The summed E-state index contributed by atoms with van der Waals surface area (Å²) in [7, 11) is 0. The van der Waals surface area contributed by atoms with Crippen molar-refractivity contribution in [1.29, 1.82) is 0 Å². The number of morpholine rings is 1. The van der Waals surface area contributed by atoms with Gasteiger partial charge in [0, 0.05) is 25.5 Å². The zero-order chi connectivity index (χ0) is 13.8. The van der Waals surface area contributed by atoms with E-state index in [-0.39, 0.29) is 24.7 Å². The van der Waals surface area contributed by atoms with Gasteiger partial charge in [0.1, 0.15) is 0 Å². The van der Waals surface area contributed by atoms with Crippen molar-refractivity contribution in [2.75, 3.05) is 24.6 Å². The number of amidine groups is 1. The Morgan fingerprint density at radius 2 is 2.26 bits per heavy atom. The Hall–Kier alpha value is -1.93. The molecular weight excluding hydrogens is 250 g/mol. The van der Waals surface area contributed by atoms with Crippen molar-refractivity contribution in [2.24, 2.45) is 10.9 Å². The summed E-state index contributed by atoms with van der Waals surface area (Å²) in [5.74, 6) is 0.425. The number of aliphatic hydroxyl groups is 1. The van der Waals surface area contributed by atoms with Gasteiger partial charge in [0.05, 0.1) is 18.8 Å². The molecule has 0 bridgehead atoms. The Kier molecular flexibility index (Phi) is 4.13. The molecule has 2 heterocycles. The lowest BCUT2D eigenvalue weighted by Crippen LogP contribution is -2.49. The van der Waals surface area contributed by atoms with Crippen LogP contribution < -0.4 is 10.6 Å². The maximum Gasteiger partial charge on any atom is 0.192 e. The molecule has 0 aromatic carbocycles. The quantitative estimate of drug-likeness (QED) is 0.283. The number of aliphatic hydroxyl groups excluding tert-OH is 1. The van der Waals surface area contributed by atoms with Gasteiger partial charge in [0.25, 0.3) is 0 Å². The fraction of sp³-hybridized carbons (Fsp3) is 0.545. The minimum atomic E-state index is -0.286. The highest BCUT2D eigenvalue weighted by atomic mass is 16.5. The molecule has 4 N–H and O–H groups in total. The molecule has 104 valence electrons. The minimum Gasteiger partial charge on any atom is -0.409 e. The topological polar surface area (TPSA) is 117 Å². The van der Waals surface area contributed by atoms with Crippen molar-refractivity contribution in [3.8, 4) is 0 Å². The highest BCUT2D eigenvalue weighted by molar-refractivity contribution is 5.99. The first-order valence-electron chi connectivity index (χ1n) is 5.96. The van der Waals surface area contributed by atoms with E-state index in [9.17, 15) is 5.11 Å². The van der Waals surface area contributed by atoms with Crippen LogP contribution in [0, 0.1) is 0 Å². The molecule has 0 saturated carbocycles. The van der Waals surface area contributed by atoms with E-state index >= 15 is 0 Å². The summed E-state index contributed by atoms with van der Waals surface area (Å²) in [5, 5.41) is 21.0. The molecule has 8 heteroatoms. The van der Waals surface area contributed by atoms with Gasteiger partial charge < -0.3 is 25.7 Å². The van der Waals surface area contributed by atoms with Crippen LogP contribution in [-0.2, 0) is 4.74 Å². The minimum absolute atomic E-state index is 0.0481. The maximum atomic E-state index is 9.22. The van der Waals surface area contributed by atoms with Crippen molar-refractivity contribution in [3.63, 3.8) is 0 Å². The zero-order valence-corrected chi connectivity index (χ0v) is 10.6. The molecular formula is C11H17N5O3. The number of anilines is 1. The number of hydrogen-bond donors (Lipinski definition) is 3. The maximum absolute atomic E-state index is 9.22. The van der Waals surface area contributed by atoms with Gasteiger partial charge in [-0.2, -0.15) is 0 Å². The molecule has 1 saturated heterocycles. The van der Waals surface area contributed by atoms with Gasteiger partial charge in [-0.15, -0.1) is 0 Å². The standard InChI is InChI=1S/C11H17N5O3/c1-7-4-16(5-8(6-17)19-7)11-9(10(12)15-18)13-2-3-14-11/h2-3,7-8,17-18H,4-6H2,1H3,(H2,12,15). The highest BCUT2D eigenvalue weighted by Gasteiger charge is 2.28. The molecule has 1 fully saturated rings. The highest BCUT2D eigenvalue weighted by Crippen LogP contribution is 2.20. The Morgan fingerprint density at radius 1 is 1.53 bits per heavy atom. The second-order valence-corrected chi connectivity index (χ2v) is 4.37. The predicted octanol–water partition coefficient (Wildman–Crippen LogP) is -0.843. The first-order chi connectivity index (χ1) is 9.15. The molecule has 1 aromatic heterocycles. The van der Waals surface area contributed by atoms with Crippen molar-refractivity contribution in [1.82, 2.24) is 9.97 Å². The average Bonchev–Trinajstić information content (AvgIpc) is 2.45. The number of hydrogen-bond acceptors (Lipinski definition) is 7. The summed E-state index contributed by atoms with van der Waals surface area (Å²) in [6.45, 7) is 2.92. The third-order valence-electron chi connectivity index (χ3n) is 2.86. The number of rotatable bonds is 3. The largest absolute Gasteiger partial charge is 0.409 e. The first-order valence-corrected chi connectivity index (χ1v) is 5.96. The SMILES string of the molecule is CC1CN(c2nccnc2C(N)=NO)CC(CO)O1. The molecule has 0 radical (unpaired) electrons. The van der Waals surface area contributed by atoms with Crippen molar-refractivity contribution < 1.29 is 15.1 Å². The Morgan fingerprint density at radius 3 is 2.95 bits per heavy atom. The average molecular weight is 267 g/mol. The van der Waals surface area contributed by atoms with Crippen LogP contribution in [-0.4, -0.2) is 58.0 Å². The lowest BCUT2D eigenvalue weighted by molar-refractivity contribution is -0.0423. The predicted molar refractivity (Wildman–Crippen MR) is 68.2 cm³/mol. The van der Waals surface area contributed by atoms with Gasteiger partial charge in [0.2, 0.25) is 0 Å². The first kappa shape index (κ1) is 13.5. The fourth-order valence-electron chi connectivity index (χ4n) is 2.11. The number of aromatic nitrogens is 2. The van der Waals surface area contributed by atoms with Crippen LogP contribution in [0.5, 0.6) is 0 Å². The Bertz CT molecular complexity index is 467. The van der Waals surface area contributed by atoms with Gasteiger partial charge >= 0.3 is 0 Å². The van der Waals surface area contributed by atoms with Gasteiger partial charge in [-0.25, -0.2) is 9.97 Å². The summed E-state index contributed by atoms with van der Waals surface area (Å²) < 4.78 is 5.56. The molecule has 19 heavy (non-hydrogen) atoms. The molecule has 0 spiro atoms. The van der Waals surface area contributed by atoms with Crippen LogP contribution in [0.3, 0.4) is 0 Å². The molecule has 8 nitrogen and oxygen atoms in total. The molecule has 2 atom stereocenters. The smallest absolute Gasteiger partial charge is 0.192 e. The third-order valence-corrected chi connectivity index (χ3v) is 2.86. The van der Waals surface area contributed by atoms with Crippen LogP contribution in [0.4, 0.5) is 5.82 Å². The van der Waals surface area contributed by atoms with E-state index in [4.69, 9.17) is 15.7 Å². The van der Waals surface area contributed by atoms with Crippen LogP contribution in [0.1, 0.15) is 12.6 Å². The van der Waals surface area contributed by atoms with E-state index in [0.717, 1.165) is 0 Å². The van der Waals surface area contributed by atoms with E-state index in [1.807, 2.05) is 11.8 Å². The van der Waals surface area contributed by atoms with Crippen LogP contribution in [0.15, 0.2) is 17.5 Å². The number of ether oxygens (including phenoxy) is 1. The van der Waals surface area contributed by atoms with Crippen molar-refractivity contribution in [3.05, 3.63) is 18.1 Å². The fourth-order valence-corrected chi connectivity index (χ4v) is 2.11. The lowest BCUT2D eigenvalue weighted by atomic mass is 10.2. The molecule has 1 aromatic rings. The summed E-state index contributed by atoms with van der Waals surface area (Å²) in [6, 6.07) is 0. The molecule has 0 aliphatic carbocycles. The zero-order valence-electron chi connectivity index (χ0n) is 10.6. The summed E-state index contributed by atoms with van der Waals surface area (Å²) in [6.07, 6.45) is 2.68. The van der Waals surface area contributed by atoms with Gasteiger partial charge in [-0.1, -0.05) is 5.16 Å². The summed E-state index contributed by atoms with van der Waals surface area (Å²) in [4.78, 5) is 10.2. The van der Waals surface area contributed by atoms with Crippen molar-refractivity contribution in [2.45, 2.75) is 19.1 Å². The molecule has 2 rings (SSSR count). The third kappa shape index (κ3) is 2.91. The monoisotopic (exact) mass is 267 g/mol. The second kappa shape index (κ2) is 5.81. The van der Waals surface area contributed by atoms with E-state index in [1.165, 1.54) is 12.4 Å². The van der Waals surface area contributed by atoms with E-state index < -0.39 is 0 Å². The summed E-state index contributed by atoms with van der Waals surface area (Å²) >= 11 is 0. The number of nitrogens with two attached hydrogens (primary N) is 1. The van der Waals surface area contributed by atoms with E-state index in [2.05, 4.69) is 15.1 Å². The number of nitrogens with zero attached hydrogens (tertiary/aromatic N) is 4.